The lowest BCUT2D eigenvalue weighted by Gasteiger charge is -2.07. The maximum atomic E-state index is 11.1. The Bertz CT molecular complexity index is 550. The molecule has 0 aliphatic heterocycles. The molecular weight excluding hydrogens is 226 g/mol. The highest BCUT2D eigenvalue weighted by Gasteiger charge is 2.15. The summed E-state index contributed by atoms with van der Waals surface area (Å²) in [5.41, 5.74) is 7.89. The number of nitrogen functional groups attached to an aromatic ring is 1. The van der Waals surface area contributed by atoms with E-state index in [1.54, 1.807) is 11.5 Å². The zero-order chi connectivity index (χ0) is 12.5. The fourth-order valence-electron chi connectivity index (χ4n) is 1.58. The van der Waals surface area contributed by atoms with Crippen LogP contribution in [0.25, 0.3) is 0 Å². The van der Waals surface area contributed by atoms with Gasteiger partial charge in [0.1, 0.15) is 21.7 Å². The molecule has 2 N–H and O–H groups in total. The number of rotatable bonds is 3. The van der Waals surface area contributed by atoms with E-state index >= 15 is 0 Å². The van der Waals surface area contributed by atoms with Crippen LogP contribution in [0.2, 0.25) is 0 Å². The van der Waals surface area contributed by atoms with Crippen LogP contribution in [-0.2, 0) is 16.4 Å². The Morgan fingerprint density at radius 3 is 2.38 bits per heavy atom. The Hall–Kier alpha value is -1.48. The Kier molecular flexibility index (Phi) is 3.29. The molecule has 88 valence electrons. The van der Waals surface area contributed by atoms with Crippen LogP contribution in [0.1, 0.15) is 16.8 Å². The molecule has 1 aromatic rings. The largest absolute Gasteiger partial charge is 0.384 e. The van der Waals surface area contributed by atoms with Crippen LogP contribution in [0, 0.1) is 25.2 Å². The lowest BCUT2D eigenvalue weighted by Crippen LogP contribution is -2.14. The topological polar surface area (TPSA) is 88.9 Å². The normalized spacial score (nSPS) is 11.4. The first-order chi connectivity index (χ1) is 7.28. The fourth-order valence-corrected chi connectivity index (χ4v) is 2.09. The van der Waals surface area contributed by atoms with E-state index < -0.39 is 9.84 Å². The number of sulfone groups is 1. The van der Waals surface area contributed by atoms with Crippen molar-refractivity contribution in [3.63, 3.8) is 0 Å². The van der Waals surface area contributed by atoms with Crippen molar-refractivity contribution >= 4 is 15.7 Å². The van der Waals surface area contributed by atoms with Crippen LogP contribution >= 0.6 is 0 Å². The highest BCUT2D eigenvalue weighted by molar-refractivity contribution is 7.90. The van der Waals surface area contributed by atoms with Gasteiger partial charge in [0.25, 0.3) is 0 Å². The second-order valence-electron chi connectivity index (χ2n) is 3.86. The molecule has 0 amide bonds. The Morgan fingerprint density at radius 2 is 2.00 bits per heavy atom. The highest BCUT2D eigenvalue weighted by Crippen LogP contribution is 2.23. The van der Waals surface area contributed by atoms with Gasteiger partial charge in [-0.25, -0.2) is 8.42 Å². The molecule has 0 radical (unpaired) electrons. The van der Waals surface area contributed by atoms with E-state index in [9.17, 15) is 8.42 Å². The molecule has 0 aromatic carbocycles. The lowest BCUT2D eigenvalue weighted by molar-refractivity contribution is 0.594. The van der Waals surface area contributed by atoms with Crippen molar-refractivity contribution in [2.75, 3.05) is 17.7 Å². The Labute approximate surface area is 95.4 Å². The van der Waals surface area contributed by atoms with Crippen LogP contribution in [0.5, 0.6) is 0 Å². The van der Waals surface area contributed by atoms with Crippen molar-refractivity contribution in [1.82, 2.24) is 4.57 Å². The summed E-state index contributed by atoms with van der Waals surface area (Å²) >= 11 is 0. The van der Waals surface area contributed by atoms with Gasteiger partial charge in [-0.2, -0.15) is 5.26 Å². The van der Waals surface area contributed by atoms with E-state index in [2.05, 4.69) is 0 Å². The lowest BCUT2D eigenvalue weighted by atomic mass is 10.2. The summed E-state index contributed by atoms with van der Waals surface area (Å²) < 4.78 is 23.8. The van der Waals surface area contributed by atoms with Crippen LogP contribution in [0.4, 0.5) is 5.82 Å². The molecule has 5 nitrogen and oxygen atoms in total. The third kappa shape index (κ3) is 2.36. The van der Waals surface area contributed by atoms with Crippen molar-refractivity contribution < 1.29 is 8.42 Å². The number of nitriles is 1. The van der Waals surface area contributed by atoms with E-state index in [0.717, 1.165) is 11.3 Å². The SMILES string of the molecule is Cc1c(C#N)c(N)n(CCS(C)(=O)=O)c1C. The van der Waals surface area contributed by atoms with Gasteiger partial charge < -0.3 is 10.3 Å². The maximum absolute atomic E-state index is 11.1. The minimum Gasteiger partial charge on any atom is -0.384 e. The van der Waals surface area contributed by atoms with Crippen LogP contribution < -0.4 is 5.73 Å². The quantitative estimate of drug-likeness (QED) is 0.839. The van der Waals surface area contributed by atoms with Gasteiger partial charge in [0, 0.05) is 18.5 Å². The molecule has 0 saturated heterocycles. The van der Waals surface area contributed by atoms with Gasteiger partial charge in [0.05, 0.1) is 11.3 Å². The molecule has 1 rings (SSSR count). The number of aromatic nitrogens is 1. The first-order valence-corrected chi connectivity index (χ1v) is 6.87. The number of nitrogens with two attached hydrogens (primary N) is 1. The van der Waals surface area contributed by atoms with Gasteiger partial charge in [0.2, 0.25) is 0 Å². The molecule has 0 bridgehead atoms. The number of nitrogens with zero attached hydrogens (tertiary/aromatic N) is 2. The standard InChI is InChI=1S/C10H15N3O2S/c1-7-8(2)13(4-5-16(3,14)15)10(12)9(7)6-11/h4-5,12H2,1-3H3. The second kappa shape index (κ2) is 4.18. The van der Waals surface area contributed by atoms with Crippen molar-refractivity contribution in [3.05, 3.63) is 16.8 Å². The zero-order valence-corrected chi connectivity index (χ0v) is 10.4. The molecule has 0 unspecified atom stereocenters. The monoisotopic (exact) mass is 241 g/mol. The van der Waals surface area contributed by atoms with Gasteiger partial charge in [-0.1, -0.05) is 0 Å². The van der Waals surface area contributed by atoms with Crippen LogP contribution in [0.3, 0.4) is 0 Å². The molecule has 0 spiro atoms. The maximum Gasteiger partial charge on any atom is 0.149 e. The van der Waals surface area contributed by atoms with Gasteiger partial charge in [-0.05, 0) is 19.4 Å². The minimum absolute atomic E-state index is 0.0248. The smallest absolute Gasteiger partial charge is 0.149 e. The Morgan fingerprint density at radius 1 is 1.44 bits per heavy atom. The summed E-state index contributed by atoms with van der Waals surface area (Å²) in [5, 5.41) is 8.90. The van der Waals surface area contributed by atoms with Crippen molar-refractivity contribution in [2.24, 2.45) is 0 Å². The molecule has 1 heterocycles. The van der Waals surface area contributed by atoms with E-state index in [0.29, 0.717) is 17.9 Å². The summed E-state index contributed by atoms with van der Waals surface area (Å²) in [6.07, 6.45) is 1.18. The molecule has 0 aliphatic rings. The second-order valence-corrected chi connectivity index (χ2v) is 6.12. The molecule has 0 fully saturated rings. The Balaban J connectivity index is 3.12. The van der Waals surface area contributed by atoms with Gasteiger partial charge >= 0.3 is 0 Å². The molecule has 6 heteroatoms. The summed E-state index contributed by atoms with van der Waals surface area (Å²) in [7, 11) is -3.03. The van der Waals surface area contributed by atoms with Crippen LogP contribution in [-0.4, -0.2) is 25.0 Å². The first-order valence-electron chi connectivity index (χ1n) is 4.81. The van der Waals surface area contributed by atoms with Gasteiger partial charge in [-0.3, -0.25) is 0 Å². The first kappa shape index (κ1) is 12.6. The molecule has 0 atom stereocenters. The third-order valence-electron chi connectivity index (χ3n) is 2.67. The van der Waals surface area contributed by atoms with Crippen molar-refractivity contribution in [3.8, 4) is 6.07 Å². The number of hydrogen-bond acceptors (Lipinski definition) is 4. The van der Waals surface area contributed by atoms with Gasteiger partial charge in [0.15, 0.2) is 0 Å². The zero-order valence-electron chi connectivity index (χ0n) is 9.61. The third-order valence-corrected chi connectivity index (χ3v) is 3.59. The average Bonchev–Trinajstić information content (AvgIpc) is 2.35. The minimum atomic E-state index is -3.03. The molecule has 0 aliphatic carbocycles. The molecule has 16 heavy (non-hydrogen) atoms. The summed E-state index contributed by atoms with van der Waals surface area (Å²) in [6.45, 7) is 3.93. The van der Waals surface area contributed by atoms with Crippen molar-refractivity contribution in [1.29, 1.82) is 5.26 Å². The van der Waals surface area contributed by atoms with E-state index in [4.69, 9.17) is 11.0 Å². The fraction of sp³-hybridized carbons (Fsp3) is 0.500. The predicted octanol–water partition coefficient (Wildman–Crippen LogP) is 0.603. The number of hydrogen-bond donors (Lipinski definition) is 1. The highest BCUT2D eigenvalue weighted by atomic mass is 32.2. The summed E-state index contributed by atoms with van der Waals surface area (Å²) in [4.78, 5) is 0. The summed E-state index contributed by atoms with van der Waals surface area (Å²) in [6, 6.07) is 2.03. The van der Waals surface area contributed by atoms with E-state index in [1.807, 2.05) is 13.0 Å². The van der Waals surface area contributed by atoms with E-state index in [1.165, 1.54) is 6.26 Å². The van der Waals surface area contributed by atoms with Crippen molar-refractivity contribution in [2.45, 2.75) is 20.4 Å². The van der Waals surface area contributed by atoms with Gasteiger partial charge in [-0.15, -0.1) is 0 Å². The van der Waals surface area contributed by atoms with Crippen LogP contribution in [0.15, 0.2) is 0 Å². The summed E-state index contributed by atoms with van der Waals surface area (Å²) in [5.74, 6) is 0.373. The number of anilines is 1. The molecular formula is C10H15N3O2S. The predicted molar refractivity (Wildman–Crippen MR) is 62.7 cm³/mol. The average molecular weight is 241 g/mol. The van der Waals surface area contributed by atoms with E-state index in [-0.39, 0.29) is 5.75 Å². The molecule has 1 aromatic heterocycles. The molecule has 0 saturated carbocycles.